The Hall–Kier alpha value is -3.67. The van der Waals surface area contributed by atoms with E-state index >= 15 is 0 Å². The third kappa shape index (κ3) is 3.13. The summed E-state index contributed by atoms with van der Waals surface area (Å²) in [4.78, 5) is 18.9. The van der Waals surface area contributed by atoms with E-state index in [4.69, 9.17) is 0 Å². The minimum Gasteiger partial charge on any atom is -0.426 e. The van der Waals surface area contributed by atoms with Gasteiger partial charge in [-0.1, -0.05) is 29.8 Å². The fraction of sp³-hybridized carbons (Fsp3) is 0.0476. The Morgan fingerprint density at radius 2 is 1.63 bits per heavy atom. The number of nitrogens with zero attached hydrogens (tertiary/aromatic N) is 2. The molecule has 0 aliphatic carbocycles. The summed E-state index contributed by atoms with van der Waals surface area (Å²) >= 11 is 0. The van der Waals surface area contributed by atoms with Crippen LogP contribution in [0.3, 0.4) is 0 Å². The van der Waals surface area contributed by atoms with Gasteiger partial charge >= 0.3 is 0 Å². The predicted octanol–water partition coefficient (Wildman–Crippen LogP) is 4.26. The lowest BCUT2D eigenvalue weighted by Gasteiger charge is -2.06. The van der Waals surface area contributed by atoms with E-state index in [-0.39, 0.29) is 11.4 Å². The van der Waals surface area contributed by atoms with Gasteiger partial charge in [-0.25, -0.2) is 9.37 Å². The van der Waals surface area contributed by atoms with E-state index in [1.165, 1.54) is 24.4 Å². The van der Waals surface area contributed by atoms with Crippen LogP contribution >= 0.6 is 0 Å². The number of aromatic nitrogens is 3. The van der Waals surface area contributed by atoms with Gasteiger partial charge in [0, 0.05) is 29.0 Å². The molecule has 0 bridgehead atoms. The third-order valence-corrected chi connectivity index (χ3v) is 4.33. The molecule has 27 heavy (non-hydrogen) atoms. The number of benzene rings is 2. The van der Waals surface area contributed by atoms with Gasteiger partial charge in [0.15, 0.2) is 5.82 Å². The third-order valence-electron chi connectivity index (χ3n) is 4.33. The van der Waals surface area contributed by atoms with Crippen molar-refractivity contribution < 1.29 is 9.60 Å². The van der Waals surface area contributed by atoms with Gasteiger partial charge in [-0.2, -0.15) is 4.73 Å². The first-order valence-electron chi connectivity index (χ1n) is 8.37. The van der Waals surface area contributed by atoms with Crippen molar-refractivity contribution >= 4 is 0 Å². The second-order valence-electron chi connectivity index (χ2n) is 6.26. The Balaban J connectivity index is 1.98. The van der Waals surface area contributed by atoms with Crippen molar-refractivity contribution in [3.8, 4) is 33.9 Å². The molecular weight excluding hydrogens is 345 g/mol. The molecule has 6 heteroatoms. The molecule has 5 nitrogen and oxygen atoms in total. The average Bonchev–Trinajstić information content (AvgIpc) is 3.00. The van der Waals surface area contributed by atoms with Gasteiger partial charge < -0.3 is 10.2 Å². The Bertz CT molecular complexity index is 1160. The molecule has 4 aromatic rings. The van der Waals surface area contributed by atoms with Gasteiger partial charge in [0.25, 0.3) is 0 Å². The molecule has 0 unspecified atom stereocenters. The second kappa shape index (κ2) is 6.57. The van der Waals surface area contributed by atoms with Crippen molar-refractivity contribution in [2.45, 2.75) is 6.92 Å². The number of nitrogens with one attached hydrogen (secondary N) is 1. The summed E-state index contributed by atoms with van der Waals surface area (Å²) in [7, 11) is 0. The van der Waals surface area contributed by atoms with Crippen LogP contribution in [0.25, 0.3) is 33.9 Å². The number of hydrogen-bond acceptors (Lipinski definition) is 3. The maximum Gasteiger partial charge on any atom is 0.248 e. The SMILES string of the molecule is Cc1ccc(-c2nc(-c3ccc(F)cc3)c(-c3cc[nH]c(=O)c3)n2O)cc1. The minimum atomic E-state index is -0.362. The van der Waals surface area contributed by atoms with Crippen LogP contribution in [-0.4, -0.2) is 19.9 Å². The van der Waals surface area contributed by atoms with E-state index in [1.807, 2.05) is 31.2 Å². The molecule has 134 valence electrons. The molecular formula is C21H16FN3O2. The van der Waals surface area contributed by atoms with Crippen LogP contribution in [0, 0.1) is 12.7 Å². The van der Waals surface area contributed by atoms with Crippen molar-refractivity contribution in [1.82, 2.24) is 14.7 Å². The van der Waals surface area contributed by atoms with Crippen LogP contribution < -0.4 is 5.56 Å². The van der Waals surface area contributed by atoms with Crippen LogP contribution in [0.4, 0.5) is 4.39 Å². The van der Waals surface area contributed by atoms with Crippen LogP contribution in [0.1, 0.15) is 5.56 Å². The Morgan fingerprint density at radius 3 is 2.30 bits per heavy atom. The maximum atomic E-state index is 13.3. The highest BCUT2D eigenvalue weighted by atomic mass is 19.1. The molecule has 0 atom stereocenters. The van der Waals surface area contributed by atoms with Crippen molar-refractivity contribution in [3.63, 3.8) is 0 Å². The van der Waals surface area contributed by atoms with Gasteiger partial charge in [0.05, 0.1) is 0 Å². The van der Waals surface area contributed by atoms with Gasteiger partial charge in [-0.15, -0.1) is 0 Å². The topological polar surface area (TPSA) is 70.9 Å². The predicted molar refractivity (Wildman–Crippen MR) is 101 cm³/mol. The van der Waals surface area contributed by atoms with Gasteiger partial charge in [0.2, 0.25) is 5.56 Å². The van der Waals surface area contributed by atoms with E-state index in [1.54, 1.807) is 18.2 Å². The molecule has 4 rings (SSSR count). The lowest BCUT2D eigenvalue weighted by Crippen LogP contribution is -2.04. The normalized spacial score (nSPS) is 10.9. The number of H-pyrrole nitrogens is 1. The molecule has 0 fully saturated rings. The zero-order valence-corrected chi connectivity index (χ0v) is 14.5. The molecule has 2 aromatic heterocycles. The van der Waals surface area contributed by atoms with Gasteiger partial charge in [0.1, 0.15) is 17.2 Å². The molecule has 0 amide bonds. The first-order chi connectivity index (χ1) is 13.0. The summed E-state index contributed by atoms with van der Waals surface area (Å²) < 4.78 is 14.3. The van der Waals surface area contributed by atoms with Crippen LogP contribution in [0.2, 0.25) is 0 Å². The molecule has 2 N–H and O–H groups in total. The smallest absolute Gasteiger partial charge is 0.248 e. The highest BCUT2D eigenvalue weighted by Gasteiger charge is 2.21. The molecule has 0 saturated carbocycles. The quantitative estimate of drug-likeness (QED) is 0.536. The standard InChI is InChI=1S/C21H16FN3O2/c1-13-2-4-15(5-3-13)21-24-19(14-6-8-17(22)9-7-14)20(25(21)27)16-10-11-23-18(26)12-16/h2-12,27H,1H3,(H,23,26). The molecule has 0 radical (unpaired) electrons. The van der Waals surface area contributed by atoms with E-state index in [0.717, 1.165) is 15.9 Å². The number of halogens is 1. The van der Waals surface area contributed by atoms with Crippen LogP contribution in [0.5, 0.6) is 0 Å². The summed E-state index contributed by atoms with van der Waals surface area (Å²) in [6.07, 6.45) is 1.50. The Labute approximate surface area is 154 Å². The summed E-state index contributed by atoms with van der Waals surface area (Å²) in [5.74, 6) is -0.0248. The van der Waals surface area contributed by atoms with Crippen molar-refractivity contribution in [3.05, 3.63) is 88.6 Å². The summed E-state index contributed by atoms with van der Waals surface area (Å²) in [5.41, 5.74) is 3.47. The number of pyridine rings is 1. The Kier molecular flexibility index (Phi) is 4.08. The average molecular weight is 361 g/mol. The Morgan fingerprint density at radius 1 is 0.963 bits per heavy atom. The largest absolute Gasteiger partial charge is 0.426 e. The van der Waals surface area contributed by atoms with E-state index in [0.29, 0.717) is 28.3 Å². The summed E-state index contributed by atoms with van der Waals surface area (Å²) in [5, 5.41) is 10.9. The molecule has 2 heterocycles. The van der Waals surface area contributed by atoms with Crippen LogP contribution in [0.15, 0.2) is 71.7 Å². The van der Waals surface area contributed by atoms with Crippen molar-refractivity contribution in [2.75, 3.05) is 0 Å². The fourth-order valence-corrected chi connectivity index (χ4v) is 2.96. The maximum absolute atomic E-state index is 13.3. The molecule has 0 aliphatic rings. The first-order valence-corrected chi connectivity index (χ1v) is 8.37. The van der Waals surface area contributed by atoms with E-state index < -0.39 is 0 Å². The molecule has 0 spiro atoms. The summed E-state index contributed by atoms with van der Waals surface area (Å²) in [6, 6.07) is 16.5. The van der Waals surface area contributed by atoms with Gasteiger partial charge in [-0.3, -0.25) is 4.79 Å². The minimum absolute atomic E-state index is 0.296. The van der Waals surface area contributed by atoms with E-state index in [9.17, 15) is 14.4 Å². The fourth-order valence-electron chi connectivity index (χ4n) is 2.96. The van der Waals surface area contributed by atoms with Crippen LogP contribution in [-0.2, 0) is 0 Å². The zero-order valence-electron chi connectivity index (χ0n) is 14.5. The number of rotatable bonds is 3. The first kappa shape index (κ1) is 16.8. The second-order valence-corrected chi connectivity index (χ2v) is 6.26. The van der Waals surface area contributed by atoms with Crippen molar-refractivity contribution in [1.29, 1.82) is 0 Å². The number of hydrogen-bond donors (Lipinski definition) is 2. The van der Waals surface area contributed by atoms with E-state index in [2.05, 4.69) is 9.97 Å². The molecule has 0 aliphatic heterocycles. The zero-order chi connectivity index (χ0) is 19.0. The lowest BCUT2D eigenvalue weighted by molar-refractivity contribution is 0.195. The number of imidazole rings is 1. The lowest BCUT2D eigenvalue weighted by atomic mass is 10.1. The van der Waals surface area contributed by atoms with Gasteiger partial charge in [-0.05, 0) is 37.3 Å². The monoisotopic (exact) mass is 361 g/mol. The highest BCUT2D eigenvalue weighted by Crippen LogP contribution is 2.34. The molecule has 2 aromatic carbocycles. The summed E-state index contributed by atoms with van der Waals surface area (Å²) in [6.45, 7) is 1.97. The highest BCUT2D eigenvalue weighted by molar-refractivity contribution is 5.81. The molecule has 0 saturated heterocycles. The number of aromatic amines is 1. The van der Waals surface area contributed by atoms with Crippen molar-refractivity contribution in [2.24, 2.45) is 0 Å². The number of aryl methyl sites for hydroxylation is 1.